The molecule has 0 aliphatic carbocycles. The Bertz CT molecular complexity index is 1020. The third-order valence-electron chi connectivity index (χ3n) is 4.95. The summed E-state index contributed by atoms with van der Waals surface area (Å²) in [5.74, 6) is -0.639. The fraction of sp³-hybridized carbons (Fsp3) is 0.273. The summed E-state index contributed by atoms with van der Waals surface area (Å²) in [7, 11) is 1.55. The van der Waals surface area contributed by atoms with Crippen LogP contribution >= 0.6 is 0 Å². The molecule has 3 aromatic rings. The lowest BCUT2D eigenvalue weighted by Crippen LogP contribution is -2.46. The third kappa shape index (κ3) is 4.01. The summed E-state index contributed by atoms with van der Waals surface area (Å²) in [6, 6.07) is 17.0. The number of aromatic nitrogens is 1. The van der Waals surface area contributed by atoms with Gasteiger partial charge < -0.3 is 19.7 Å². The van der Waals surface area contributed by atoms with Crippen LogP contribution in [0.2, 0.25) is 0 Å². The highest BCUT2D eigenvalue weighted by atomic mass is 16.5. The number of fused-ring (bicyclic) bond motifs is 1. The first kappa shape index (κ1) is 19.5. The lowest BCUT2D eigenvalue weighted by atomic mass is 9.88. The Morgan fingerprint density at radius 3 is 2.61 bits per heavy atom. The van der Waals surface area contributed by atoms with Crippen LogP contribution in [0.15, 0.2) is 54.6 Å². The van der Waals surface area contributed by atoms with Crippen LogP contribution in [0.25, 0.3) is 10.9 Å². The Hall–Kier alpha value is -3.28. The van der Waals surface area contributed by atoms with Crippen LogP contribution in [0.1, 0.15) is 24.6 Å². The third-order valence-corrected chi connectivity index (χ3v) is 4.95. The van der Waals surface area contributed by atoms with E-state index in [-0.39, 0.29) is 18.9 Å². The fourth-order valence-corrected chi connectivity index (χ4v) is 3.54. The number of benzene rings is 2. The first-order valence-electron chi connectivity index (χ1n) is 9.04. The minimum absolute atomic E-state index is 0.110. The van der Waals surface area contributed by atoms with Crippen molar-refractivity contribution in [2.24, 2.45) is 0 Å². The van der Waals surface area contributed by atoms with Crippen molar-refractivity contribution in [2.45, 2.75) is 32.4 Å². The predicted octanol–water partition coefficient (Wildman–Crippen LogP) is 3.46. The number of nitrogens with one attached hydrogen (secondary N) is 1. The summed E-state index contributed by atoms with van der Waals surface area (Å²) in [6.07, 6.45) is -0.239. The van der Waals surface area contributed by atoms with Crippen molar-refractivity contribution in [3.05, 3.63) is 65.9 Å². The van der Waals surface area contributed by atoms with Crippen LogP contribution in [0, 0.1) is 6.92 Å². The average Bonchev–Trinajstić information content (AvgIpc) is 2.96. The molecule has 1 unspecified atom stereocenters. The van der Waals surface area contributed by atoms with Crippen molar-refractivity contribution in [3.63, 3.8) is 0 Å². The van der Waals surface area contributed by atoms with Gasteiger partial charge in [0.05, 0.1) is 19.1 Å². The van der Waals surface area contributed by atoms with Crippen LogP contribution < -0.4 is 10.1 Å². The van der Waals surface area contributed by atoms with Gasteiger partial charge in [0.15, 0.2) is 0 Å². The van der Waals surface area contributed by atoms with E-state index in [0.29, 0.717) is 11.3 Å². The quantitative estimate of drug-likeness (QED) is 0.658. The van der Waals surface area contributed by atoms with Gasteiger partial charge in [-0.15, -0.1) is 0 Å². The van der Waals surface area contributed by atoms with Crippen LogP contribution in [0.3, 0.4) is 0 Å². The highest BCUT2D eigenvalue weighted by molar-refractivity contribution is 5.85. The number of amides is 1. The molecule has 1 aromatic heterocycles. The molecule has 6 heteroatoms. The molecule has 0 radical (unpaired) electrons. The van der Waals surface area contributed by atoms with Crippen molar-refractivity contribution in [3.8, 4) is 5.75 Å². The summed E-state index contributed by atoms with van der Waals surface area (Å²) in [6.45, 7) is 3.78. The molecule has 1 heterocycles. The number of rotatable bonds is 7. The van der Waals surface area contributed by atoms with Crippen molar-refractivity contribution in [2.75, 3.05) is 7.11 Å². The number of hydrogen-bond donors (Lipinski definition) is 2. The van der Waals surface area contributed by atoms with E-state index in [1.165, 1.54) is 0 Å². The summed E-state index contributed by atoms with van der Waals surface area (Å²) in [5.41, 5.74) is 1.56. The highest BCUT2D eigenvalue weighted by Gasteiger charge is 2.32. The van der Waals surface area contributed by atoms with Gasteiger partial charge in [0, 0.05) is 11.2 Å². The van der Waals surface area contributed by atoms with Gasteiger partial charge in [-0.3, -0.25) is 9.59 Å². The van der Waals surface area contributed by atoms with Crippen molar-refractivity contribution in [1.82, 2.24) is 9.88 Å². The molecule has 28 heavy (non-hydrogen) atoms. The average molecular weight is 380 g/mol. The molecule has 2 N–H and O–H groups in total. The van der Waals surface area contributed by atoms with E-state index in [4.69, 9.17) is 4.74 Å². The summed E-state index contributed by atoms with van der Waals surface area (Å²) in [4.78, 5) is 24.4. The number of carbonyl (C=O) groups is 2. The van der Waals surface area contributed by atoms with Gasteiger partial charge in [0.1, 0.15) is 12.3 Å². The van der Waals surface area contributed by atoms with Gasteiger partial charge in [0.25, 0.3) is 0 Å². The minimum Gasteiger partial charge on any atom is -0.497 e. The second-order valence-corrected chi connectivity index (χ2v) is 7.11. The molecule has 3 rings (SSSR count). The van der Waals surface area contributed by atoms with Crippen LogP contribution in [-0.4, -0.2) is 28.7 Å². The molecule has 0 bridgehead atoms. The summed E-state index contributed by atoms with van der Waals surface area (Å²) in [5, 5.41) is 13.4. The minimum atomic E-state index is -1.06. The van der Waals surface area contributed by atoms with Crippen LogP contribution in [0.4, 0.5) is 0 Å². The molecule has 2 aromatic carbocycles. The van der Waals surface area contributed by atoms with Crippen LogP contribution in [0.5, 0.6) is 5.75 Å². The zero-order valence-electron chi connectivity index (χ0n) is 16.2. The molecular weight excluding hydrogens is 356 g/mol. The Labute approximate surface area is 163 Å². The van der Waals surface area contributed by atoms with E-state index < -0.39 is 11.5 Å². The monoisotopic (exact) mass is 380 g/mol. The van der Waals surface area contributed by atoms with Gasteiger partial charge in [-0.25, -0.2) is 0 Å². The number of carbonyl (C=O) groups excluding carboxylic acids is 1. The number of aryl methyl sites for hydroxylation is 1. The molecule has 6 nitrogen and oxygen atoms in total. The molecule has 1 amide bonds. The first-order valence-corrected chi connectivity index (χ1v) is 9.04. The number of nitrogens with zero attached hydrogens (tertiary/aromatic N) is 1. The van der Waals surface area contributed by atoms with E-state index in [0.717, 1.165) is 16.6 Å². The number of ether oxygens (including phenoxy) is 1. The standard InChI is InChI=1S/C22H24N2O4/c1-15-11-16-7-4-5-10-19(16)24(15)14-20(25)23-22(2,13-21(26)27)17-8-6-9-18(12-17)28-3/h4-12H,13-14H2,1-3H3,(H,23,25)(H,26,27). The maximum absolute atomic E-state index is 12.9. The van der Waals surface area contributed by atoms with Gasteiger partial charge in [0.2, 0.25) is 5.91 Å². The van der Waals surface area contributed by atoms with E-state index >= 15 is 0 Å². The Kier molecular flexibility index (Phi) is 5.40. The van der Waals surface area contributed by atoms with Crippen molar-refractivity contribution >= 4 is 22.8 Å². The molecule has 146 valence electrons. The largest absolute Gasteiger partial charge is 0.497 e. The normalized spacial score (nSPS) is 13.1. The number of hydrogen-bond acceptors (Lipinski definition) is 3. The van der Waals surface area contributed by atoms with Gasteiger partial charge >= 0.3 is 5.97 Å². The Balaban J connectivity index is 1.89. The molecule has 0 aliphatic rings. The van der Waals surface area contributed by atoms with Crippen molar-refractivity contribution < 1.29 is 19.4 Å². The Morgan fingerprint density at radius 2 is 1.89 bits per heavy atom. The molecule has 1 atom stereocenters. The molecular formula is C22H24N2O4. The summed E-state index contributed by atoms with van der Waals surface area (Å²) >= 11 is 0. The lowest BCUT2D eigenvalue weighted by molar-refractivity contribution is -0.139. The number of para-hydroxylation sites is 1. The number of aliphatic carboxylic acids is 1. The Morgan fingerprint density at radius 1 is 1.14 bits per heavy atom. The lowest BCUT2D eigenvalue weighted by Gasteiger charge is -2.30. The maximum atomic E-state index is 12.9. The molecule has 0 fully saturated rings. The number of carboxylic acids is 1. The van der Waals surface area contributed by atoms with E-state index in [1.54, 1.807) is 38.3 Å². The van der Waals surface area contributed by atoms with Crippen molar-refractivity contribution in [1.29, 1.82) is 0 Å². The molecule has 0 aliphatic heterocycles. The maximum Gasteiger partial charge on any atom is 0.306 e. The van der Waals surface area contributed by atoms with E-state index in [9.17, 15) is 14.7 Å². The van der Waals surface area contributed by atoms with Gasteiger partial charge in [-0.1, -0.05) is 30.3 Å². The number of methoxy groups -OCH3 is 1. The van der Waals surface area contributed by atoms with Gasteiger partial charge in [-0.2, -0.15) is 0 Å². The number of carboxylic acid groups (broad SMARTS) is 1. The molecule has 0 saturated carbocycles. The van der Waals surface area contributed by atoms with E-state index in [2.05, 4.69) is 5.32 Å². The topological polar surface area (TPSA) is 80.6 Å². The van der Waals surface area contributed by atoms with E-state index in [1.807, 2.05) is 41.8 Å². The smallest absolute Gasteiger partial charge is 0.306 e. The highest BCUT2D eigenvalue weighted by Crippen LogP contribution is 2.28. The second kappa shape index (κ2) is 7.76. The molecule has 0 spiro atoms. The molecule has 0 saturated heterocycles. The zero-order valence-corrected chi connectivity index (χ0v) is 16.2. The van der Waals surface area contributed by atoms with Crippen LogP contribution in [-0.2, 0) is 21.7 Å². The zero-order chi connectivity index (χ0) is 20.3. The fourth-order valence-electron chi connectivity index (χ4n) is 3.54. The summed E-state index contributed by atoms with van der Waals surface area (Å²) < 4.78 is 7.17. The predicted molar refractivity (Wildman–Crippen MR) is 107 cm³/mol. The second-order valence-electron chi connectivity index (χ2n) is 7.11. The first-order chi connectivity index (χ1) is 13.3. The SMILES string of the molecule is COc1cccc(C(C)(CC(=O)O)NC(=O)Cn2c(C)cc3ccccc32)c1. The van der Waals surface area contributed by atoms with Gasteiger partial charge in [-0.05, 0) is 49.1 Å².